The van der Waals surface area contributed by atoms with Crippen LogP contribution in [0.25, 0.3) is 11.2 Å². The van der Waals surface area contributed by atoms with Crippen molar-refractivity contribution in [2.24, 2.45) is 0 Å². The van der Waals surface area contributed by atoms with Crippen LogP contribution in [0.1, 0.15) is 6.23 Å². The van der Waals surface area contributed by atoms with Gasteiger partial charge >= 0.3 is 116 Å². The van der Waals surface area contributed by atoms with Gasteiger partial charge in [0.25, 0.3) is 0 Å². The van der Waals surface area contributed by atoms with E-state index in [-0.39, 0.29) is 11.4 Å². The van der Waals surface area contributed by atoms with Crippen molar-refractivity contribution in [3.05, 3.63) is 12.7 Å². The molecule has 4 N–H and O–H groups in total. The molecule has 2 aromatic heterocycles. The summed E-state index contributed by atoms with van der Waals surface area (Å²) in [6, 6.07) is 0. The van der Waals surface area contributed by atoms with Crippen molar-refractivity contribution >= 4 is 33.0 Å². The van der Waals surface area contributed by atoms with Gasteiger partial charge in [0.2, 0.25) is 0 Å². The van der Waals surface area contributed by atoms with Crippen molar-refractivity contribution in [3.63, 3.8) is 0 Å². The van der Waals surface area contributed by atoms with E-state index in [1.807, 2.05) is 0 Å². The number of nitrogen functional groups attached to an aromatic ring is 1. The average molecular weight is 330 g/mol. The molecule has 0 unspecified atom stereocenters. The van der Waals surface area contributed by atoms with Crippen molar-refractivity contribution in [2.75, 3.05) is 12.3 Å². The van der Waals surface area contributed by atoms with Crippen LogP contribution in [0.2, 0.25) is 4.82 Å². The molecule has 0 amide bonds. The van der Waals surface area contributed by atoms with Gasteiger partial charge in [0.05, 0.1) is 0 Å². The van der Waals surface area contributed by atoms with Crippen molar-refractivity contribution in [1.29, 1.82) is 0 Å². The van der Waals surface area contributed by atoms with Crippen molar-refractivity contribution < 1.29 is 14.9 Å². The third-order valence-electron chi connectivity index (χ3n) is 3.18. The van der Waals surface area contributed by atoms with Gasteiger partial charge in [0.15, 0.2) is 0 Å². The predicted molar refractivity (Wildman–Crippen MR) is 67.6 cm³/mol. The number of hydrogen-bond donors (Lipinski definition) is 3. The number of hydrogen-bond acceptors (Lipinski definition) is 7. The zero-order valence-electron chi connectivity index (χ0n) is 9.79. The van der Waals surface area contributed by atoms with Gasteiger partial charge in [-0.25, -0.2) is 0 Å². The van der Waals surface area contributed by atoms with Gasteiger partial charge in [-0.1, -0.05) is 0 Å². The van der Waals surface area contributed by atoms with E-state index in [4.69, 9.17) is 15.6 Å². The van der Waals surface area contributed by atoms with Crippen molar-refractivity contribution in [3.8, 4) is 0 Å². The second-order valence-corrected chi connectivity index (χ2v) is 5.56. The normalized spacial score (nSPS) is 31.1. The molecule has 0 radical (unpaired) electrons. The van der Waals surface area contributed by atoms with Crippen LogP contribution in [0, 0.1) is 0 Å². The Balaban J connectivity index is 2.04. The minimum atomic E-state index is -0.758. The summed E-state index contributed by atoms with van der Waals surface area (Å²) < 4.78 is 7.32. The van der Waals surface area contributed by atoms with E-state index in [1.54, 1.807) is 10.9 Å². The minimum absolute atomic E-state index is 0.240. The first-order valence-electron chi connectivity index (χ1n) is 5.69. The third-order valence-corrected chi connectivity index (χ3v) is 4.35. The Morgan fingerprint density at radius 2 is 2.21 bits per heavy atom. The van der Waals surface area contributed by atoms with E-state index in [9.17, 15) is 5.11 Å². The maximum atomic E-state index is 9.96. The van der Waals surface area contributed by atoms with Crippen LogP contribution in [0.15, 0.2) is 12.7 Å². The number of nitrogens with two attached hydrogens (primary N) is 1. The molecule has 0 aromatic carbocycles. The Hall–Kier alpha value is -1.25. The fourth-order valence-corrected chi connectivity index (χ4v) is 3.02. The van der Waals surface area contributed by atoms with E-state index in [0.29, 0.717) is 17.0 Å². The molecular formula is C10H13N5O3Se. The van der Waals surface area contributed by atoms with E-state index in [0.717, 1.165) is 0 Å². The van der Waals surface area contributed by atoms with E-state index >= 15 is 0 Å². The molecule has 2 aromatic rings. The summed E-state index contributed by atoms with van der Waals surface area (Å²) in [6.07, 6.45) is 1.06. The van der Waals surface area contributed by atoms with E-state index in [1.165, 1.54) is 6.33 Å². The SMILES string of the molecule is Nc1ncnc2c1ncn2[C@@H]1O[C@H](CO)[C@@H](O)[C@H]1[SeH]. The molecule has 9 heteroatoms. The summed E-state index contributed by atoms with van der Waals surface area (Å²) >= 11 is 2.35. The quantitative estimate of drug-likeness (QED) is 0.564. The first-order chi connectivity index (χ1) is 9.13. The van der Waals surface area contributed by atoms with Crippen LogP contribution >= 0.6 is 0 Å². The fraction of sp³-hybridized carbons (Fsp3) is 0.500. The molecule has 1 aliphatic rings. The molecule has 0 spiro atoms. The van der Waals surface area contributed by atoms with Crippen LogP contribution in [-0.2, 0) is 4.74 Å². The van der Waals surface area contributed by atoms with Gasteiger partial charge in [-0.15, -0.1) is 0 Å². The number of fused-ring (bicyclic) bond motifs is 1. The number of aliphatic hydroxyl groups excluding tert-OH is 2. The van der Waals surface area contributed by atoms with Crippen LogP contribution in [-0.4, -0.2) is 64.6 Å². The molecule has 3 heterocycles. The van der Waals surface area contributed by atoms with Gasteiger partial charge in [-0.05, 0) is 0 Å². The molecule has 8 nitrogen and oxygen atoms in total. The second kappa shape index (κ2) is 4.69. The molecule has 102 valence electrons. The molecule has 0 bridgehead atoms. The average Bonchev–Trinajstić information content (AvgIpc) is 2.94. The molecule has 1 saturated heterocycles. The van der Waals surface area contributed by atoms with Crippen molar-refractivity contribution in [1.82, 2.24) is 19.5 Å². The number of ether oxygens (including phenoxy) is 1. The third kappa shape index (κ3) is 1.90. The molecule has 19 heavy (non-hydrogen) atoms. The van der Waals surface area contributed by atoms with Crippen LogP contribution in [0.4, 0.5) is 5.82 Å². The van der Waals surface area contributed by atoms with Gasteiger partial charge in [-0.2, -0.15) is 0 Å². The number of nitrogens with zero attached hydrogens (tertiary/aromatic N) is 4. The van der Waals surface area contributed by atoms with Crippen LogP contribution in [0.5, 0.6) is 0 Å². The number of aliphatic hydroxyl groups is 2. The monoisotopic (exact) mass is 331 g/mol. The summed E-state index contributed by atoms with van der Waals surface area (Å²) in [6.45, 7) is -0.240. The van der Waals surface area contributed by atoms with E-state index in [2.05, 4.69) is 31.0 Å². The Morgan fingerprint density at radius 3 is 2.89 bits per heavy atom. The molecule has 0 aliphatic carbocycles. The molecular weight excluding hydrogens is 317 g/mol. The number of anilines is 1. The second-order valence-electron chi connectivity index (χ2n) is 4.31. The molecule has 3 rings (SSSR count). The summed E-state index contributed by atoms with van der Waals surface area (Å²) in [5, 5.41) is 19.1. The standard InChI is InChI=1S/C10H13N5O3Se/c11-8-5-9(13-2-12-8)15(3-14-5)10-7(19)6(17)4(1-16)18-10/h2-4,6-7,10,16-17,19H,1H2,(H2,11,12,13)/t4-,6-,7-,10-/m1/s1. The van der Waals surface area contributed by atoms with Gasteiger partial charge in [0.1, 0.15) is 0 Å². The summed E-state index contributed by atoms with van der Waals surface area (Å²) in [5.74, 6) is 0.295. The van der Waals surface area contributed by atoms with Crippen LogP contribution in [0.3, 0.4) is 0 Å². The summed E-state index contributed by atoms with van der Waals surface area (Å²) in [4.78, 5) is 11.9. The topological polar surface area (TPSA) is 119 Å². The Bertz CT molecular complexity index is 606. The van der Waals surface area contributed by atoms with E-state index < -0.39 is 18.4 Å². The molecule has 1 aliphatic heterocycles. The zero-order valence-corrected chi connectivity index (χ0v) is 11.7. The first kappa shape index (κ1) is 12.8. The summed E-state index contributed by atoms with van der Waals surface area (Å²) in [5.41, 5.74) is 6.76. The Morgan fingerprint density at radius 1 is 1.42 bits per heavy atom. The summed E-state index contributed by atoms with van der Waals surface area (Å²) in [7, 11) is 0. The predicted octanol–water partition coefficient (Wildman–Crippen LogP) is -1.65. The molecule has 0 saturated carbocycles. The first-order valence-corrected chi connectivity index (χ1v) is 6.77. The zero-order chi connectivity index (χ0) is 13.6. The van der Waals surface area contributed by atoms with Crippen molar-refractivity contribution in [2.45, 2.75) is 23.3 Å². The number of aromatic nitrogens is 4. The maximum absolute atomic E-state index is 9.96. The number of imidazole rings is 1. The van der Waals surface area contributed by atoms with Gasteiger partial charge < -0.3 is 0 Å². The van der Waals surface area contributed by atoms with Crippen LogP contribution < -0.4 is 5.73 Å². The Labute approximate surface area is 116 Å². The molecule has 4 atom stereocenters. The fourth-order valence-electron chi connectivity index (χ4n) is 2.17. The number of rotatable bonds is 2. The Kier molecular flexibility index (Phi) is 3.15. The van der Waals surface area contributed by atoms with Gasteiger partial charge in [0, 0.05) is 0 Å². The van der Waals surface area contributed by atoms with Gasteiger partial charge in [-0.3, -0.25) is 0 Å². The molecule has 1 fully saturated rings.